The molecule has 2 aromatic carbocycles. The largest absolute Gasteiger partial charge is 0.347 e. The molecule has 4 aromatic rings. The minimum atomic E-state index is -0.333. The van der Waals surface area contributed by atoms with E-state index in [1.807, 2.05) is 48.7 Å². The van der Waals surface area contributed by atoms with Crippen LogP contribution in [0.25, 0.3) is 16.5 Å². The molecule has 0 fully saturated rings. The number of benzene rings is 2. The summed E-state index contributed by atoms with van der Waals surface area (Å²) in [5.41, 5.74) is 1.78. The number of H-pyrrole nitrogens is 1. The van der Waals surface area contributed by atoms with Crippen LogP contribution >= 0.6 is 0 Å². The van der Waals surface area contributed by atoms with Gasteiger partial charge in [0.05, 0.1) is 11.9 Å². The van der Waals surface area contributed by atoms with Gasteiger partial charge in [0.15, 0.2) is 0 Å². The quantitative estimate of drug-likeness (QED) is 0.597. The molecule has 1 amide bonds. The lowest BCUT2D eigenvalue weighted by molar-refractivity contribution is 0.0946. The molecule has 6 nitrogen and oxygen atoms in total. The molecule has 0 bridgehead atoms. The minimum Gasteiger partial charge on any atom is -0.347 e. The van der Waals surface area contributed by atoms with E-state index in [2.05, 4.69) is 15.4 Å². The SMILES string of the molecule is O=C(NCc1cnn(-c2ccccc2)c1)c1cc2ccccc2c(=O)[nH]1. The summed E-state index contributed by atoms with van der Waals surface area (Å²) in [5.74, 6) is -0.333. The van der Waals surface area contributed by atoms with Gasteiger partial charge in [0.1, 0.15) is 5.69 Å². The Kier molecular flexibility index (Phi) is 4.07. The van der Waals surface area contributed by atoms with Gasteiger partial charge in [0.2, 0.25) is 0 Å². The van der Waals surface area contributed by atoms with E-state index in [0.717, 1.165) is 16.6 Å². The average Bonchev–Trinajstić information content (AvgIpc) is 3.16. The topological polar surface area (TPSA) is 79.8 Å². The highest BCUT2D eigenvalue weighted by molar-refractivity contribution is 5.96. The molecule has 0 spiro atoms. The lowest BCUT2D eigenvalue weighted by Gasteiger charge is -2.05. The van der Waals surface area contributed by atoms with E-state index >= 15 is 0 Å². The van der Waals surface area contributed by atoms with Crippen molar-refractivity contribution in [1.82, 2.24) is 20.1 Å². The lowest BCUT2D eigenvalue weighted by Crippen LogP contribution is -2.26. The summed E-state index contributed by atoms with van der Waals surface area (Å²) in [4.78, 5) is 27.1. The van der Waals surface area contributed by atoms with Gasteiger partial charge in [-0.3, -0.25) is 9.59 Å². The van der Waals surface area contributed by atoms with Gasteiger partial charge < -0.3 is 10.3 Å². The van der Waals surface area contributed by atoms with Crippen molar-refractivity contribution < 1.29 is 4.79 Å². The number of para-hydroxylation sites is 1. The third-order valence-corrected chi connectivity index (χ3v) is 4.11. The van der Waals surface area contributed by atoms with Crippen LogP contribution in [0, 0.1) is 0 Å². The van der Waals surface area contributed by atoms with Crippen molar-refractivity contribution in [2.45, 2.75) is 6.54 Å². The van der Waals surface area contributed by atoms with Crippen molar-refractivity contribution in [3.05, 3.63) is 94.7 Å². The van der Waals surface area contributed by atoms with Crippen molar-refractivity contribution in [2.24, 2.45) is 0 Å². The molecule has 0 atom stereocenters. The van der Waals surface area contributed by atoms with Crippen LogP contribution in [0.3, 0.4) is 0 Å². The second-order valence-corrected chi connectivity index (χ2v) is 5.91. The number of hydrogen-bond acceptors (Lipinski definition) is 3. The van der Waals surface area contributed by atoms with E-state index in [4.69, 9.17) is 0 Å². The Balaban J connectivity index is 1.49. The lowest BCUT2D eigenvalue weighted by atomic mass is 10.1. The Labute approximate surface area is 149 Å². The van der Waals surface area contributed by atoms with E-state index in [9.17, 15) is 9.59 Å². The molecule has 0 aliphatic carbocycles. The van der Waals surface area contributed by atoms with Crippen LogP contribution in [-0.2, 0) is 6.54 Å². The van der Waals surface area contributed by atoms with Crippen LogP contribution < -0.4 is 10.9 Å². The standard InChI is InChI=1S/C20H16N4O2/c25-19-17-9-5-4-6-15(17)10-18(23-19)20(26)21-11-14-12-22-24(13-14)16-7-2-1-3-8-16/h1-10,12-13H,11H2,(H,21,26)(H,23,25). The molecule has 6 heteroatoms. The molecule has 128 valence electrons. The van der Waals surface area contributed by atoms with E-state index in [1.165, 1.54) is 0 Å². The average molecular weight is 344 g/mol. The number of rotatable bonds is 4. The molecular formula is C20H16N4O2. The van der Waals surface area contributed by atoms with E-state index in [0.29, 0.717) is 11.9 Å². The van der Waals surface area contributed by atoms with Crippen molar-refractivity contribution in [1.29, 1.82) is 0 Å². The van der Waals surface area contributed by atoms with Gasteiger partial charge in [0, 0.05) is 23.7 Å². The highest BCUT2D eigenvalue weighted by Crippen LogP contribution is 2.10. The number of hydrogen-bond donors (Lipinski definition) is 2. The number of aromatic nitrogens is 3. The zero-order chi connectivity index (χ0) is 17.9. The van der Waals surface area contributed by atoms with Crippen molar-refractivity contribution in [3.8, 4) is 5.69 Å². The maximum atomic E-state index is 12.4. The monoisotopic (exact) mass is 344 g/mol. The molecule has 0 saturated heterocycles. The molecular weight excluding hydrogens is 328 g/mol. The number of carbonyl (C=O) groups is 1. The molecule has 2 N–H and O–H groups in total. The predicted octanol–water partition coefficient (Wildman–Crippen LogP) is 2.64. The fraction of sp³-hybridized carbons (Fsp3) is 0.0500. The first-order valence-electron chi connectivity index (χ1n) is 8.20. The number of nitrogens with zero attached hydrogens (tertiary/aromatic N) is 2. The van der Waals surface area contributed by atoms with Crippen LogP contribution in [0.15, 0.2) is 77.9 Å². The predicted molar refractivity (Wildman–Crippen MR) is 99.3 cm³/mol. The molecule has 2 heterocycles. The van der Waals surface area contributed by atoms with Gasteiger partial charge in [-0.05, 0) is 29.7 Å². The van der Waals surface area contributed by atoms with E-state index in [1.54, 1.807) is 29.1 Å². The van der Waals surface area contributed by atoms with Gasteiger partial charge in [-0.25, -0.2) is 4.68 Å². The third kappa shape index (κ3) is 3.12. The van der Waals surface area contributed by atoms with Gasteiger partial charge in [0.25, 0.3) is 11.5 Å². The van der Waals surface area contributed by atoms with Gasteiger partial charge in [-0.2, -0.15) is 5.10 Å². The molecule has 0 unspecified atom stereocenters. The number of amides is 1. The Hall–Kier alpha value is -3.67. The van der Waals surface area contributed by atoms with Crippen molar-refractivity contribution in [2.75, 3.05) is 0 Å². The third-order valence-electron chi connectivity index (χ3n) is 4.11. The summed E-state index contributed by atoms with van der Waals surface area (Å²) in [6, 6.07) is 18.6. The maximum Gasteiger partial charge on any atom is 0.268 e. The number of aromatic amines is 1. The first-order chi connectivity index (χ1) is 12.7. The minimum absolute atomic E-state index is 0.240. The molecule has 0 saturated carbocycles. The Morgan fingerprint density at radius 2 is 1.85 bits per heavy atom. The molecule has 0 aliphatic rings. The highest BCUT2D eigenvalue weighted by Gasteiger charge is 2.10. The summed E-state index contributed by atoms with van der Waals surface area (Å²) in [6.07, 6.45) is 3.56. The van der Waals surface area contributed by atoms with Crippen LogP contribution in [0.2, 0.25) is 0 Å². The second-order valence-electron chi connectivity index (χ2n) is 5.91. The zero-order valence-corrected chi connectivity index (χ0v) is 13.8. The fourth-order valence-corrected chi connectivity index (χ4v) is 2.78. The molecule has 0 aliphatic heterocycles. The first-order valence-corrected chi connectivity index (χ1v) is 8.20. The van der Waals surface area contributed by atoms with Gasteiger partial charge >= 0.3 is 0 Å². The van der Waals surface area contributed by atoms with Crippen LogP contribution in [-0.4, -0.2) is 20.7 Å². The summed E-state index contributed by atoms with van der Waals surface area (Å²) in [5, 5.41) is 8.41. The van der Waals surface area contributed by atoms with Crippen LogP contribution in [0.1, 0.15) is 16.1 Å². The van der Waals surface area contributed by atoms with Gasteiger partial charge in [-0.15, -0.1) is 0 Å². The number of carbonyl (C=O) groups excluding carboxylic acids is 1. The first kappa shape index (κ1) is 15.8. The summed E-state index contributed by atoms with van der Waals surface area (Å²) < 4.78 is 1.75. The Morgan fingerprint density at radius 1 is 1.08 bits per heavy atom. The highest BCUT2D eigenvalue weighted by atomic mass is 16.2. The van der Waals surface area contributed by atoms with E-state index in [-0.39, 0.29) is 17.2 Å². The summed E-state index contributed by atoms with van der Waals surface area (Å²) in [7, 11) is 0. The molecule has 2 aromatic heterocycles. The summed E-state index contributed by atoms with van der Waals surface area (Å²) >= 11 is 0. The zero-order valence-electron chi connectivity index (χ0n) is 13.8. The molecule has 4 rings (SSSR count). The number of nitrogens with one attached hydrogen (secondary N) is 2. The summed E-state index contributed by atoms with van der Waals surface area (Å²) in [6.45, 7) is 0.320. The second kappa shape index (κ2) is 6.68. The van der Waals surface area contributed by atoms with Crippen LogP contribution in [0.5, 0.6) is 0 Å². The molecule has 0 radical (unpaired) electrons. The number of pyridine rings is 1. The molecule has 26 heavy (non-hydrogen) atoms. The van der Waals surface area contributed by atoms with Gasteiger partial charge in [-0.1, -0.05) is 36.4 Å². The van der Waals surface area contributed by atoms with Crippen molar-refractivity contribution in [3.63, 3.8) is 0 Å². The Morgan fingerprint density at radius 3 is 2.69 bits per heavy atom. The van der Waals surface area contributed by atoms with E-state index < -0.39 is 0 Å². The van der Waals surface area contributed by atoms with Crippen molar-refractivity contribution >= 4 is 16.7 Å². The smallest absolute Gasteiger partial charge is 0.268 e. The van der Waals surface area contributed by atoms with Crippen LogP contribution in [0.4, 0.5) is 0 Å². The Bertz CT molecular complexity index is 1130. The normalized spacial score (nSPS) is 10.8. The number of fused-ring (bicyclic) bond motifs is 1. The maximum absolute atomic E-state index is 12.4. The fourth-order valence-electron chi connectivity index (χ4n) is 2.78.